The van der Waals surface area contributed by atoms with Gasteiger partial charge in [-0.05, 0) is 17.7 Å². The number of ether oxygens (including phenoxy) is 2. The standard InChI is InChI=1S/C18H19N9O4/c1-9(25-26-20)14-10(3-2-4-21-14)18(29)31-11-5-13(30-12(11)6-28)27-8-24-15-16(19)22-7-23-17(15)27/h2-4,7-9,11-13,28H,5-6H2,1H3,(H2,19,22,23)/t9?,11?,12-,13-/m1/s1. The van der Waals surface area contributed by atoms with Crippen LogP contribution in [-0.4, -0.2) is 54.4 Å². The number of aliphatic hydroxyl groups is 1. The van der Waals surface area contributed by atoms with Crippen LogP contribution in [-0.2, 0) is 9.47 Å². The van der Waals surface area contributed by atoms with Crippen molar-refractivity contribution in [3.05, 3.63) is 52.7 Å². The molecule has 0 radical (unpaired) electrons. The summed E-state index contributed by atoms with van der Waals surface area (Å²) in [5.74, 6) is -0.417. The van der Waals surface area contributed by atoms with Crippen molar-refractivity contribution in [2.75, 3.05) is 12.3 Å². The van der Waals surface area contributed by atoms with Crippen molar-refractivity contribution in [2.24, 2.45) is 5.11 Å². The molecule has 4 atom stereocenters. The molecule has 1 aliphatic rings. The molecule has 3 aromatic heterocycles. The minimum Gasteiger partial charge on any atom is -0.456 e. The Morgan fingerprint density at radius 2 is 2.32 bits per heavy atom. The number of anilines is 1. The number of hydrogen-bond acceptors (Lipinski definition) is 10. The van der Waals surface area contributed by atoms with Crippen molar-refractivity contribution in [3.63, 3.8) is 0 Å². The van der Waals surface area contributed by atoms with E-state index < -0.39 is 30.4 Å². The molecular weight excluding hydrogens is 406 g/mol. The van der Waals surface area contributed by atoms with Gasteiger partial charge < -0.3 is 20.3 Å². The molecule has 0 saturated carbocycles. The minimum atomic E-state index is -0.750. The molecule has 4 rings (SSSR count). The molecule has 0 aromatic carbocycles. The number of nitrogens with zero attached hydrogens (tertiary/aromatic N) is 8. The number of rotatable bonds is 6. The molecule has 0 amide bonds. The van der Waals surface area contributed by atoms with Gasteiger partial charge >= 0.3 is 5.97 Å². The highest BCUT2D eigenvalue weighted by Gasteiger charge is 2.39. The first-order valence-electron chi connectivity index (χ1n) is 9.43. The lowest BCUT2D eigenvalue weighted by molar-refractivity contribution is -0.0500. The summed E-state index contributed by atoms with van der Waals surface area (Å²) in [4.78, 5) is 32.1. The Morgan fingerprint density at radius 3 is 3.10 bits per heavy atom. The fraction of sp³-hybridized carbons (Fsp3) is 0.389. The van der Waals surface area contributed by atoms with E-state index in [0.717, 1.165) is 0 Å². The number of aromatic nitrogens is 5. The molecule has 31 heavy (non-hydrogen) atoms. The van der Waals surface area contributed by atoms with E-state index in [1.165, 1.54) is 18.9 Å². The van der Waals surface area contributed by atoms with Gasteiger partial charge in [0, 0.05) is 17.5 Å². The van der Waals surface area contributed by atoms with Crippen LogP contribution in [0.2, 0.25) is 0 Å². The molecule has 4 heterocycles. The van der Waals surface area contributed by atoms with Crippen LogP contribution in [0.15, 0.2) is 36.1 Å². The molecule has 2 unspecified atom stereocenters. The van der Waals surface area contributed by atoms with Crippen molar-refractivity contribution < 1.29 is 19.4 Å². The monoisotopic (exact) mass is 425 g/mol. The molecule has 13 heteroatoms. The van der Waals surface area contributed by atoms with Gasteiger partial charge in [-0.1, -0.05) is 12.0 Å². The Labute approximate surface area is 175 Å². The van der Waals surface area contributed by atoms with Crippen molar-refractivity contribution in [3.8, 4) is 0 Å². The van der Waals surface area contributed by atoms with Crippen molar-refractivity contribution in [1.29, 1.82) is 0 Å². The number of carbonyl (C=O) groups is 1. The Balaban J connectivity index is 1.56. The molecule has 0 aliphatic carbocycles. The predicted octanol–water partition coefficient (Wildman–Crippen LogP) is 1.68. The SMILES string of the molecule is CC(N=[N+]=[N-])c1ncccc1C(=O)OC1C[C@H](n2cnc3c(N)ncnc32)O[C@@H]1CO. The molecule has 3 N–H and O–H groups in total. The van der Waals surface area contributed by atoms with Crippen LogP contribution in [0.1, 0.15) is 41.7 Å². The second kappa shape index (κ2) is 8.52. The lowest BCUT2D eigenvalue weighted by atomic mass is 10.1. The van der Waals surface area contributed by atoms with E-state index in [2.05, 4.69) is 30.0 Å². The second-order valence-corrected chi connectivity index (χ2v) is 6.89. The fourth-order valence-corrected chi connectivity index (χ4v) is 3.50. The fourth-order valence-electron chi connectivity index (χ4n) is 3.50. The number of aliphatic hydroxyl groups excluding tert-OH is 1. The van der Waals surface area contributed by atoms with E-state index in [-0.39, 0.29) is 24.4 Å². The number of carbonyl (C=O) groups excluding carboxylic acids is 1. The van der Waals surface area contributed by atoms with Crippen molar-refractivity contribution in [2.45, 2.75) is 37.8 Å². The van der Waals surface area contributed by atoms with E-state index >= 15 is 0 Å². The van der Waals surface area contributed by atoms with Gasteiger partial charge in [0.2, 0.25) is 0 Å². The van der Waals surface area contributed by atoms with E-state index in [0.29, 0.717) is 16.9 Å². The zero-order valence-corrected chi connectivity index (χ0v) is 16.4. The van der Waals surface area contributed by atoms with Crippen LogP contribution in [0.25, 0.3) is 21.6 Å². The zero-order valence-electron chi connectivity index (χ0n) is 16.4. The number of fused-ring (bicyclic) bond motifs is 1. The van der Waals surface area contributed by atoms with Gasteiger partial charge in [-0.25, -0.2) is 19.7 Å². The number of azide groups is 1. The first-order valence-corrected chi connectivity index (χ1v) is 9.43. The smallest absolute Gasteiger partial charge is 0.340 e. The first-order chi connectivity index (χ1) is 15.0. The van der Waals surface area contributed by atoms with Gasteiger partial charge in [0.1, 0.15) is 30.3 Å². The van der Waals surface area contributed by atoms with E-state index in [9.17, 15) is 9.90 Å². The topological polar surface area (TPSA) is 187 Å². The first kappa shape index (κ1) is 20.5. The third-order valence-electron chi connectivity index (χ3n) is 5.00. The number of nitrogens with two attached hydrogens (primary N) is 1. The van der Waals surface area contributed by atoms with Crippen LogP contribution in [0, 0.1) is 0 Å². The normalized spacial score (nSPS) is 21.5. The lowest BCUT2D eigenvalue weighted by Crippen LogP contribution is -2.30. The molecule has 3 aromatic rings. The summed E-state index contributed by atoms with van der Waals surface area (Å²) >= 11 is 0. The summed E-state index contributed by atoms with van der Waals surface area (Å²) in [5, 5.41) is 13.3. The Kier molecular flexibility index (Phi) is 5.62. The maximum absolute atomic E-state index is 12.9. The Hall–Kier alpha value is -3.80. The molecule has 0 bridgehead atoms. The van der Waals surface area contributed by atoms with Crippen LogP contribution >= 0.6 is 0 Å². The van der Waals surface area contributed by atoms with Crippen LogP contribution < -0.4 is 5.73 Å². The summed E-state index contributed by atoms with van der Waals surface area (Å²) in [7, 11) is 0. The summed E-state index contributed by atoms with van der Waals surface area (Å²) in [6.07, 6.45) is 2.53. The summed E-state index contributed by atoms with van der Waals surface area (Å²) in [6, 6.07) is 2.47. The van der Waals surface area contributed by atoms with Gasteiger partial charge in [-0.3, -0.25) is 9.55 Å². The van der Waals surface area contributed by atoms with Crippen LogP contribution in [0.4, 0.5) is 5.82 Å². The molecule has 1 aliphatic heterocycles. The van der Waals surface area contributed by atoms with Gasteiger partial charge in [0.25, 0.3) is 0 Å². The molecular formula is C18H19N9O4. The summed E-state index contributed by atoms with van der Waals surface area (Å²) < 4.78 is 13.2. The highest BCUT2D eigenvalue weighted by molar-refractivity contribution is 5.91. The quantitative estimate of drug-likeness (QED) is 0.256. The maximum atomic E-state index is 12.9. The number of imidazole rings is 1. The highest BCUT2D eigenvalue weighted by Crippen LogP contribution is 2.33. The van der Waals surface area contributed by atoms with Crippen molar-refractivity contribution in [1.82, 2.24) is 24.5 Å². The van der Waals surface area contributed by atoms with E-state index in [4.69, 9.17) is 20.7 Å². The molecule has 1 saturated heterocycles. The highest BCUT2D eigenvalue weighted by atomic mass is 16.6. The molecule has 1 fully saturated rings. The maximum Gasteiger partial charge on any atom is 0.340 e. The van der Waals surface area contributed by atoms with Crippen molar-refractivity contribution >= 4 is 23.0 Å². The van der Waals surface area contributed by atoms with Gasteiger partial charge in [-0.2, -0.15) is 0 Å². The molecule has 13 nitrogen and oxygen atoms in total. The van der Waals surface area contributed by atoms with Crippen LogP contribution in [0.3, 0.4) is 0 Å². The van der Waals surface area contributed by atoms with E-state index in [1.54, 1.807) is 23.6 Å². The number of nitrogen functional groups attached to an aromatic ring is 1. The number of pyridine rings is 1. The van der Waals surface area contributed by atoms with E-state index in [1.807, 2.05) is 0 Å². The lowest BCUT2D eigenvalue weighted by Gasteiger charge is -2.18. The third kappa shape index (κ3) is 3.84. The average Bonchev–Trinajstić information content (AvgIpc) is 3.38. The Bertz CT molecular complexity index is 1160. The predicted molar refractivity (Wildman–Crippen MR) is 106 cm³/mol. The average molecular weight is 425 g/mol. The number of hydrogen-bond donors (Lipinski definition) is 2. The minimum absolute atomic E-state index is 0.177. The third-order valence-corrected chi connectivity index (χ3v) is 5.00. The van der Waals surface area contributed by atoms with Gasteiger partial charge in [0.15, 0.2) is 11.5 Å². The molecule has 0 spiro atoms. The van der Waals surface area contributed by atoms with Gasteiger partial charge in [-0.15, -0.1) is 0 Å². The second-order valence-electron chi connectivity index (χ2n) is 6.89. The van der Waals surface area contributed by atoms with Crippen LogP contribution in [0.5, 0.6) is 0 Å². The number of esters is 1. The molecule has 160 valence electrons. The zero-order chi connectivity index (χ0) is 22.0. The summed E-state index contributed by atoms with van der Waals surface area (Å²) in [6.45, 7) is 1.27. The Morgan fingerprint density at radius 1 is 1.48 bits per heavy atom. The van der Waals surface area contributed by atoms with Gasteiger partial charge in [0.05, 0.1) is 30.2 Å². The largest absolute Gasteiger partial charge is 0.456 e. The summed E-state index contributed by atoms with van der Waals surface area (Å²) in [5.41, 5.74) is 15.9.